The van der Waals surface area contributed by atoms with Crippen LogP contribution in [-0.4, -0.2) is 30.4 Å². The predicted molar refractivity (Wildman–Crippen MR) is 118 cm³/mol. The Hall–Kier alpha value is -3.80. The molecule has 1 atom stereocenters. The maximum atomic E-state index is 12.7. The standard InChI is InChI=1S/C25H24N2O4/c1-17(18-6-4-3-5-7-18)27-15-20-14-21(10-13-23(20)31-16-24(27)28)26-25(29)19-8-11-22(30-2)12-9-19/h3-14,17H,15-16H2,1-2H3,(H,26,29). The quantitative estimate of drug-likeness (QED) is 0.668. The maximum absolute atomic E-state index is 12.7. The van der Waals surface area contributed by atoms with Crippen molar-refractivity contribution < 1.29 is 19.1 Å². The number of hydrogen-bond donors (Lipinski definition) is 1. The lowest BCUT2D eigenvalue weighted by Gasteiger charge is -2.28. The molecule has 31 heavy (non-hydrogen) atoms. The maximum Gasteiger partial charge on any atom is 0.261 e. The Morgan fingerprint density at radius 3 is 2.52 bits per heavy atom. The van der Waals surface area contributed by atoms with Crippen LogP contribution in [0.2, 0.25) is 0 Å². The molecule has 1 aliphatic heterocycles. The lowest BCUT2D eigenvalue weighted by molar-refractivity contribution is -0.135. The van der Waals surface area contributed by atoms with Crippen LogP contribution >= 0.6 is 0 Å². The molecule has 0 radical (unpaired) electrons. The Balaban J connectivity index is 1.54. The van der Waals surface area contributed by atoms with Gasteiger partial charge in [-0.1, -0.05) is 30.3 Å². The topological polar surface area (TPSA) is 67.9 Å². The number of anilines is 1. The molecule has 6 nitrogen and oxygen atoms in total. The molecule has 1 N–H and O–H groups in total. The van der Waals surface area contributed by atoms with Crippen molar-refractivity contribution >= 4 is 17.5 Å². The number of fused-ring (bicyclic) bond motifs is 1. The minimum Gasteiger partial charge on any atom is -0.497 e. The fourth-order valence-corrected chi connectivity index (χ4v) is 3.63. The minimum absolute atomic E-state index is 0.0122. The summed E-state index contributed by atoms with van der Waals surface area (Å²) in [6, 6.07) is 22.2. The van der Waals surface area contributed by atoms with Gasteiger partial charge in [-0.05, 0) is 55.0 Å². The summed E-state index contributed by atoms with van der Waals surface area (Å²) in [4.78, 5) is 27.1. The number of amides is 2. The molecule has 2 amide bonds. The lowest BCUT2D eigenvalue weighted by Crippen LogP contribution is -2.34. The third-order valence-corrected chi connectivity index (χ3v) is 5.43. The third kappa shape index (κ3) is 4.53. The molecule has 0 saturated carbocycles. The SMILES string of the molecule is COc1ccc(C(=O)Nc2ccc3c(c2)CN(C(C)c2ccccc2)C(=O)CO3)cc1. The number of nitrogens with zero attached hydrogens (tertiary/aromatic N) is 1. The van der Waals surface area contributed by atoms with Crippen LogP contribution in [0.4, 0.5) is 5.69 Å². The summed E-state index contributed by atoms with van der Waals surface area (Å²) in [7, 11) is 1.58. The lowest BCUT2D eigenvalue weighted by atomic mass is 10.1. The van der Waals surface area contributed by atoms with E-state index in [0.717, 1.165) is 11.1 Å². The highest BCUT2D eigenvalue weighted by Gasteiger charge is 2.26. The first kappa shape index (κ1) is 20.5. The second-order valence-corrected chi connectivity index (χ2v) is 7.40. The van der Waals surface area contributed by atoms with E-state index in [-0.39, 0.29) is 24.5 Å². The van der Waals surface area contributed by atoms with Crippen LogP contribution in [0, 0.1) is 0 Å². The van der Waals surface area contributed by atoms with E-state index in [4.69, 9.17) is 9.47 Å². The van der Waals surface area contributed by atoms with Crippen molar-refractivity contribution in [1.82, 2.24) is 4.90 Å². The van der Waals surface area contributed by atoms with Gasteiger partial charge in [0.25, 0.3) is 11.8 Å². The van der Waals surface area contributed by atoms with Crippen molar-refractivity contribution in [2.45, 2.75) is 19.5 Å². The van der Waals surface area contributed by atoms with Gasteiger partial charge >= 0.3 is 0 Å². The van der Waals surface area contributed by atoms with Crippen LogP contribution in [0.5, 0.6) is 11.5 Å². The summed E-state index contributed by atoms with van der Waals surface area (Å²) in [6.07, 6.45) is 0. The third-order valence-electron chi connectivity index (χ3n) is 5.43. The Kier molecular flexibility index (Phi) is 5.89. The molecule has 4 rings (SSSR count). The van der Waals surface area contributed by atoms with E-state index in [2.05, 4.69) is 5.32 Å². The number of carbonyl (C=O) groups is 2. The van der Waals surface area contributed by atoms with Gasteiger partial charge in [0.15, 0.2) is 6.61 Å². The van der Waals surface area contributed by atoms with Crippen molar-refractivity contribution in [2.75, 3.05) is 19.0 Å². The van der Waals surface area contributed by atoms with Crippen LogP contribution in [0.15, 0.2) is 72.8 Å². The summed E-state index contributed by atoms with van der Waals surface area (Å²) >= 11 is 0. The van der Waals surface area contributed by atoms with Gasteiger partial charge in [0.1, 0.15) is 11.5 Å². The molecule has 3 aromatic carbocycles. The zero-order valence-corrected chi connectivity index (χ0v) is 17.5. The molecule has 0 spiro atoms. The second-order valence-electron chi connectivity index (χ2n) is 7.40. The van der Waals surface area contributed by atoms with Crippen LogP contribution in [0.1, 0.15) is 34.5 Å². The number of rotatable bonds is 5. The Morgan fingerprint density at radius 2 is 1.81 bits per heavy atom. The average molecular weight is 416 g/mol. The molecular formula is C25H24N2O4. The number of hydrogen-bond acceptors (Lipinski definition) is 4. The summed E-state index contributed by atoms with van der Waals surface area (Å²) in [5, 5.41) is 2.91. The summed E-state index contributed by atoms with van der Waals surface area (Å²) < 4.78 is 10.9. The second kappa shape index (κ2) is 8.92. The van der Waals surface area contributed by atoms with E-state index in [1.54, 1.807) is 48.4 Å². The molecule has 6 heteroatoms. The van der Waals surface area contributed by atoms with Gasteiger partial charge in [-0.2, -0.15) is 0 Å². The molecule has 0 bridgehead atoms. The van der Waals surface area contributed by atoms with Crippen molar-refractivity contribution in [2.24, 2.45) is 0 Å². The van der Waals surface area contributed by atoms with Gasteiger partial charge in [-0.15, -0.1) is 0 Å². The molecule has 0 aromatic heterocycles. The first-order chi connectivity index (χ1) is 15.0. The summed E-state index contributed by atoms with van der Waals surface area (Å²) in [6.45, 7) is 2.39. The monoisotopic (exact) mass is 416 g/mol. The van der Waals surface area contributed by atoms with Crippen molar-refractivity contribution in [1.29, 1.82) is 0 Å². The van der Waals surface area contributed by atoms with Crippen molar-refractivity contribution in [3.63, 3.8) is 0 Å². The molecule has 0 aliphatic carbocycles. The van der Waals surface area contributed by atoms with Crippen molar-refractivity contribution in [3.8, 4) is 11.5 Å². The van der Waals surface area contributed by atoms with Gasteiger partial charge in [-0.3, -0.25) is 9.59 Å². The van der Waals surface area contributed by atoms with Gasteiger partial charge in [0.05, 0.1) is 19.7 Å². The molecule has 1 unspecified atom stereocenters. The molecule has 1 aliphatic rings. The summed E-state index contributed by atoms with van der Waals surface area (Å²) in [5.41, 5.74) is 3.08. The minimum atomic E-state index is -0.220. The fourth-order valence-electron chi connectivity index (χ4n) is 3.63. The smallest absolute Gasteiger partial charge is 0.261 e. The Bertz CT molecular complexity index is 1080. The molecular weight excluding hydrogens is 392 g/mol. The average Bonchev–Trinajstić information content (AvgIpc) is 2.97. The number of nitrogens with one attached hydrogen (secondary N) is 1. The Labute approximate surface area is 181 Å². The van der Waals surface area contributed by atoms with Crippen LogP contribution in [0.3, 0.4) is 0 Å². The van der Waals surface area contributed by atoms with E-state index in [0.29, 0.717) is 29.3 Å². The fraction of sp³-hybridized carbons (Fsp3) is 0.200. The number of benzene rings is 3. The van der Waals surface area contributed by atoms with E-state index >= 15 is 0 Å². The highest BCUT2D eigenvalue weighted by atomic mass is 16.5. The first-order valence-electron chi connectivity index (χ1n) is 10.1. The van der Waals surface area contributed by atoms with E-state index in [1.807, 2.05) is 43.3 Å². The number of methoxy groups -OCH3 is 1. The summed E-state index contributed by atoms with van der Waals surface area (Å²) in [5.74, 6) is 1.05. The highest BCUT2D eigenvalue weighted by Crippen LogP contribution is 2.31. The predicted octanol–water partition coefficient (Wildman–Crippen LogP) is 4.43. The molecule has 1 heterocycles. The van der Waals surface area contributed by atoms with E-state index < -0.39 is 0 Å². The van der Waals surface area contributed by atoms with Crippen LogP contribution in [0.25, 0.3) is 0 Å². The van der Waals surface area contributed by atoms with Crippen LogP contribution < -0.4 is 14.8 Å². The highest BCUT2D eigenvalue weighted by molar-refractivity contribution is 6.04. The van der Waals surface area contributed by atoms with Crippen molar-refractivity contribution in [3.05, 3.63) is 89.5 Å². The Morgan fingerprint density at radius 1 is 1.06 bits per heavy atom. The van der Waals surface area contributed by atoms with Gasteiger partial charge < -0.3 is 19.7 Å². The largest absolute Gasteiger partial charge is 0.497 e. The molecule has 0 fully saturated rings. The van der Waals surface area contributed by atoms with E-state index in [9.17, 15) is 9.59 Å². The molecule has 158 valence electrons. The van der Waals surface area contributed by atoms with Gasteiger partial charge in [0, 0.05) is 16.8 Å². The zero-order chi connectivity index (χ0) is 21.8. The molecule has 0 saturated heterocycles. The first-order valence-corrected chi connectivity index (χ1v) is 10.1. The molecule has 3 aromatic rings. The number of ether oxygens (including phenoxy) is 2. The van der Waals surface area contributed by atoms with E-state index in [1.165, 1.54) is 0 Å². The van der Waals surface area contributed by atoms with Gasteiger partial charge in [0.2, 0.25) is 0 Å². The van der Waals surface area contributed by atoms with Gasteiger partial charge in [-0.25, -0.2) is 0 Å². The van der Waals surface area contributed by atoms with Crippen LogP contribution in [-0.2, 0) is 11.3 Å². The number of carbonyl (C=O) groups excluding carboxylic acids is 2. The zero-order valence-electron chi connectivity index (χ0n) is 17.5. The normalized spacial score (nSPS) is 14.1.